The van der Waals surface area contributed by atoms with Crippen LogP contribution >= 0.6 is 0 Å². The summed E-state index contributed by atoms with van der Waals surface area (Å²) in [4.78, 5) is 12.2. The molecular weight excluding hydrogens is 306 g/mol. The molecule has 2 N–H and O–H groups in total. The molecule has 0 radical (unpaired) electrons. The zero-order valence-corrected chi connectivity index (χ0v) is 13.8. The van der Waals surface area contributed by atoms with Crippen molar-refractivity contribution in [3.05, 3.63) is 42.2 Å². The second-order valence-corrected chi connectivity index (χ2v) is 6.17. The zero-order valence-electron chi connectivity index (χ0n) is 13.8. The number of ether oxygens (including phenoxy) is 1. The van der Waals surface area contributed by atoms with E-state index < -0.39 is 6.10 Å². The van der Waals surface area contributed by atoms with Gasteiger partial charge < -0.3 is 15.2 Å². The summed E-state index contributed by atoms with van der Waals surface area (Å²) in [5.41, 5.74) is 1.19. The highest BCUT2D eigenvalue weighted by Gasteiger charge is 2.23. The van der Waals surface area contributed by atoms with Crippen molar-refractivity contribution in [1.29, 1.82) is 0 Å². The lowest BCUT2D eigenvalue weighted by Gasteiger charge is -2.17. The standard InChI is InChI=1S/C18H23N3O3/c1-24-15-8-6-14(7-9-15)21-11-10-16(20-21)18(23)19-12-17(22)13-4-2-3-5-13/h6-11,13,17,22H,2-5,12H2,1H3,(H,19,23). The first kappa shape index (κ1) is 16.5. The maximum atomic E-state index is 12.2. The molecule has 1 unspecified atom stereocenters. The van der Waals surface area contributed by atoms with Crippen molar-refractivity contribution in [3.8, 4) is 11.4 Å². The molecule has 1 aliphatic carbocycles. The number of carbonyl (C=O) groups is 1. The molecule has 0 saturated heterocycles. The molecule has 0 bridgehead atoms. The summed E-state index contributed by atoms with van der Waals surface area (Å²) in [7, 11) is 1.62. The van der Waals surface area contributed by atoms with E-state index in [1.807, 2.05) is 24.3 Å². The van der Waals surface area contributed by atoms with Gasteiger partial charge >= 0.3 is 0 Å². The summed E-state index contributed by atoms with van der Waals surface area (Å²) in [5, 5.41) is 17.2. The maximum Gasteiger partial charge on any atom is 0.271 e. The molecule has 1 aromatic heterocycles. The quantitative estimate of drug-likeness (QED) is 0.851. The Morgan fingerprint density at radius 3 is 2.71 bits per heavy atom. The van der Waals surface area contributed by atoms with Crippen LogP contribution in [0.1, 0.15) is 36.2 Å². The molecule has 1 heterocycles. The number of benzene rings is 1. The first-order chi connectivity index (χ1) is 11.7. The van der Waals surface area contributed by atoms with Gasteiger partial charge in [-0.3, -0.25) is 4.79 Å². The molecule has 128 valence electrons. The number of methoxy groups -OCH3 is 1. The highest BCUT2D eigenvalue weighted by molar-refractivity contribution is 5.92. The van der Waals surface area contributed by atoms with Crippen molar-refractivity contribution >= 4 is 5.91 Å². The van der Waals surface area contributed by atoms with E-state index in [-0.39, 0.29) is 12.5 Å². The molecule has 1 amide bonds. The molecular formula is C18H23N3O3. The summed E-state index contributed by atoms with van der Waals surface area (Å²) in [6.45, 7) is 0.277. The molecule has 1 atom stereocenters. The van der Waals surface area contributed by atoms with Crippen LogP contribution in [0.3, 0.4) is 0 Å². The summed E-state index contributed by atoms with van der Waals surface area (Å²) >= 11 is 0. The van der Waals surface area contributed by atoms with E-state index in [4.69, 9.17) is 4.74 Å². The molecule has 1 fully saturated rings. The van der Waals surface area contributed by atoms with Gasteiger partial charge in [0.15, 0.2) is 5.69 Å². The van der Waals surface area contributed by atoms with Crippen molar-refractivity contribution in [2.75, 3.05) is 13.7 Å². The number of aliphatic hydroxyl groups excluding tert-OH is 1. The van der Waals surface area contributed by atoms with Crippen molar-refractivity contribution in [2.24, 2.45) is 5.92 Å². The number of amides is 1. The molecule has 1 aliphatic rings. The van der Waals surface area contributed by atoms with Gasteiger partial charge in [0.05, 0.1) is 18.9 Å². The average molecular weight is 329 g/mol. The minimum absolute atomic E-state index is 0.265. The van der Waals surface area contributed by atoms with Gasteiger partial charge in [-0.05, 0) is 49.1 Å². The third-order valence-electron chi connectivity index (χ3n) is 4.57. The fourth-order valence-corrected chi connectivity index (χ4v) is 3.12. The zero-order chi connectivity index (χ0) is 16.9. The van der Waals surface area contributed by atoms with Crippen LogP contribution in [-0.2, 0) is 0 Å². The van der Waals surface area contributed by atoms with Gasteiger partial charge in [0.2, 0.25) is 0 Å². The molecule has 6 heteroatoms. The van der Waals surface area contributed by atoms with Gasteiger partial charge in [0, 0.05) is 12.7 Å². The van der Waals surface area contributed by atoms with Crippen LogP contribution in [0.5, 0.6) is 5.75 Å². The van der Waals surface area contributed by atoms with E-state index >= 15 is 0 Å². The van der Waals surface area contributed by atoms with Gasteiger partial charge in [-0.1, -0.05) is 12.8 Å². The second kappa shape index (κ2) is 7.49. The Bertz CT molecular complexity index is 675. The first-order valence-electron chi connectivity index (χ1n) is 8.34. The first-order valence-corrected chi connectivity index (χ1v) is 8.34. The normalized spacial score (nSPS) is 16.1. The topological polar surface area (TPSA) is 76.4 Å². The van der Waals surface area contributed by atoms with Crippen LogP contribution in [0, 0.1) is 5.92 Å². The minimum atomic E-state index is -0.472. The fraction of sp³-hybridized carbons (Fsp3) is 0.444. The molecule has 0 spiro atoms. The Morgan fingerprint density at radius 2 is 2.04 bits per heavy atom. The number of rotatable bonds is 6. The van der Waals surface area contributed by atoms with Crippen LogP contribution in [0.15, 0.2) is 36.5 Å². The Hall–Kier alpha value is -2.34. The second-order valence-electron chi connectivity index (χ2n) is 6.17. The predicted octanol–water partition coefficient (Wildman–Crippen LogP) is 2.16. The third kappa shape index (κ3) is 3.76. The minimum Gasteiger partial charge on any atom is -0.497 e. The lowest BCUT2D eigenvalue weighted by atomic mass is 10.0. The van der Waals surface area contributed by atoms with Crippen LogP contribution in [0.25, 0.3) is 5.69 Å². The average Bonchev–Trinajstić information content (AvgIpc) is 3.31. The molecule has 6 nitrogen and oxygen atoms in total. The molecule has 1 saturated carbocycles. The monoisotopic (exact) mass is 329 g/mol. The van der Waals surface area contributed by atoms with E-state index in [0.29, 0.717) is 11.6 Å². The highest BCUT2D eigenvalue weighted by atomic mass is 16.5. The van der Waals surface area contributed by atoms with Crippen molar-refractivity contribution < 1.29 is 14.6 Å². The molecule has 3 rings (SSSR count). The van der Waals surface area contributed by atoms with E-state index in [9.17, 15) is 9.90 Å². The lowest BCUT2D eigenvalue weighted by molar-refractivity contribution is 0.0836. The Labute approximate surface area is 141 Å². The van der Waals surface area contributed by atoms with E-state index in [2.05, 4.69) is 10.4 Å². The lowest BCUT2D eigenvalue weighted by Crippen LogP contribution is -2.35. The SMILES string of the molecule is COc1ccc(-n2ccc(C(=O)NCC(O)C3CCCC3)n2)cc1. The van der Waals surface area contributed by atoms with Gasteiger partial charge in [0.25, 0.3) is 5.91 Å². The largest absolute Gasteiger partial charge is 0.497 e. The predicted molar refractivity (Wildman–Crippen MR) is 90.4 cm³/mol. The Balaban J connectivity index is 1.58. The number of nitrogens with one attached hydrogen (secondary N) is 1. The van der Waals surface area contributed by atoms with Crippen molar-refractivity contribution in [3.63, 3.8) is 0 Å². The van der Waals surface area contributed by atoms with Crippen molar-refractivity contribution in [1.82, 2.24) is 15.1 Å². The van der Waals surface area contributed by atoms with Gasteiger partial charge in [0.1, 0.15) is 5.75 Å². The van der Waals surface area contributed by atoms with E-state index in [1.165, 1.54) is 12.8 Å². The van der Waals surface area contributed by atoms with Crippen LogP contribution < -0.4 is 10.1 Å². The van der Waals surface area contributed by atoms with Crippen LogP contribution in [0.4, 0.5) is 0 Å². The van der Waals surface area contributed by atoms with Crippen LogP contribution in [-0.4, -0.2) is 40.6 Å². The van der Waals surface area contributed by atoms with E-state index in [0.717, 1.165) is 24.3 Å². The van der Waals surface area contributed by atoms with E-state index in [1.54, 1.807) is 24.1 Å². The summed E-state index contributed by atoms with van der Waals surface area (Å²) in [6, 6.07) is 9.10. The number of hydrogen-bond donors (Lipinski definition) is 2. The number of aromatic nitrogens is 2. The van der Waals surface area contributed by atoms with Crippen molar-refractivity contribution in [2.45, 2.75) is 31.8 Å². The number of carbonyl (C=O) groups excluding carboxylic acids is 1. The number of aliphatic hydroxyl groups is 1. The van der Waals surface area contributed by atoms with Crippen LogP contribution in [0.2, 0.25) is 0 Å². The molecule has 1 aromatic carbocycles. The molecule has 24 heavy (non-hydrogen) atoms. The van der Waals surface area contributed by atoms with Gasteiger partial charge in [-0.25, -0.2) is 4.68 Å². The summed E-state index contributed by atoms with van der Waals surface area (Å²) in [6.07, 6.45) is 5.69. The number of hydrogen-bond acceptors (Lipinski definition) is 4. The molecule has 2 aromatic rings. The highest BCUT2D eigenvalue weighted by Crippen LogP contribution is 2.27. The van der Waals surface area contributed by atoms with Gasteiger partial charge in [-0.2, -0.15) is 5.10 Å². The number of nitrogens with zero attached hydrogens (tertiary/aromatic N) is 2. The summed E-state index contributed by atoms with van der Waals surface area (Å²) < 4.78 is 6.77. The molecule has 0 aliphatic heterocycles. The Kier molecular flexibility index (Phi) is 5.15. The Morgan fingerprint density at radius 1 is 1.33 bits per heavy atom. The third-order valence-corrected chi connectivity index (χ3v) is 4.57. The smallest absolute Gasteiger partial charge is 0.271 e. The fourth-order valence-electron chi connectivity index (χ4n) is 3.12. The maximum absolute atomic E-state index is 12.2. The van der Waals surface area contributed by atoms with Gasteiger partial charge in [-0.15, -0.1) is 0 Å². The summed E-state index contributed by atoms with van der Waals surface area (Å²) in [5.74, 6) is 0.811.